The maximum absolute atomic E-state index is 12.8. The average Bonchev–Trinajstić information content (AvgIpc) is 3.07. The first-order chi connectivity index (χ1) is 14.1. The van der Waals surface area contributed by atoms with E-state index in [0.717, 1.165) is 28.0 Å². The van der Waals surface area contributed by atoms with Crippen LogP contribution in [0.3, 0.4) is 0 Å². The normalized spacial score (nSPS) is 10.8. The molecule has 1 N–H and O–H groups in total. The lowest BCUT2D eigenvalue weighted by molar-refractivity contribution is -0.116. The molecule has 1 amide bonds. The number of hydrogen-bond acceptors (Lipinski definition) is 3. The predicted molar refractivity (Wildman–Crippen MR) is 115 cm³/mol. The summed E-state index contributed by atoms with van der Waals surface area (Å²) in [7, 11) is 0. The van der Waals surface area contributed by atoms with Crippen molar-refractivity contribution < 1.29 is 9.53 Å². The minimum atomic E-state index is -0.0962. The van der Waals surface area contributed by atoms with Gasteiger partial charge in [0.15, 0.2) is 0 Å². The third-order valence-corrected chi connectivity index (χ3v) is 4.80. The van der Waals surface area contributed by atoms with E-state index in [1.54, 1.807) is 0 Å². The van der Waals surface area contributed by atoms with Gasteiger partial charge in [-0.1, -0.05) is 48.0 Å². The van der Waals surface area contributed by atoms with Crippen LogP contribution >= 0.6 is 0 Å². The second-order valence-corrected chi connectivity index (χ2v) is 7.07. The SMILES string of the molecule is Cc1ccc(NC(=O)Cn2c(COc3ccccc3)nc3ccccc32)c(C)c1. The van der Waals surface area contributed by atoms with Crippen LogP contribution in [0, 0.1) is 13.8 Å². The second-order valence-electron chi connectivity index (χ2n) is 7.07. The Balaban J connectivity index is 1.57. The molecule has 0 bridgehead atoms. The number of aromatic nitrogens is 2. The molecule has 0 spiro atoms. The zero-order valence-corrected chi connectivity index (χ0v) is 16.6. The highest BCUT2D eigenvalue weighted by Crippen LogP contribution is 2.20. The number of nitrogens with zero attached hydrogens (tertiary/aromatic N) is 2. The van der Waals surface area contributed by atoms with Gasteiger partial charge in [-0.15, -0.1) is 0 Å². The minimum Gasteiger partial charge on any atom is -0.486 e. The van der Waals surface area contributed by atoms with E-state index >= 15 is 0 Å². The first-order valence-electron chi connectivity index (χ1n) is 9.59. The molecule has 0 aliphatic rings. The Kier molecular flexibility index (Phi) is 5.29. The number of aryl methyl sites for hydroxylation is 2. The summed E-state index contributed by atoms with van der Waals surface area (Å²) >= 11 is 0. The number of imidazole rings is 1. The van der Waals surface area contributed by atoms with Crippen LogP contribution in [0.25, 0.3) is 11.0 Å². The van der Waals surface area contributed by atoms with Crippen molar-refractivity contribution in [1.29, 1.82) is 0 Å². The van der Waals surface area contributed by atoms with Crippen molar-refractivity contribution in [2.24, 2.45) is 0 Å². The summed E-state index contributed by atoms with van der Waals surface area (Å²) in [6.07, 6.45) is 0. The van der Waals surface area contributed by atoms with Gasteiger partial charge in [-0.05, 0) is 49.7 Å². The highest BCUT2D eigenvalue weighted by Gasteiger charge is 2.15. The van der Waals surface area contributed by atoms with E-state index in [2.05, 4.69) is 16.4 Å². The van der Waals surface area contributed by atoms with E-state index in [0.29, 0.717) is 5.82 Å². The zero-order chi connectivity index (χ0) is 20.2. The molecule has 4 aromatic rings. The van der Waals surface area contributed by atoms with E-state index in [9.17, 15) is 4.79 Å². The fraction of sp³-hybridized carbons (Fsp3) is 0.167. The molecule has 0 fully saturated rings. The average molecular weight is 385 g/mol. The molecule has 0 aliphatic carbocycles. The molecule has 0 atom stereocenters. The first-order valence-corrected chi connectivity index (χ1v) is 9.59. The Morgan fingerprint density at radius 3 is 2.55 bits per heavy atom. The molecular weight excluding hydrogens is 362 g/mol. The lowest BCUT2D eigenvalue weighted by Gasteiger charge is -2.12. The van der Waals surface area contributed by atoms with E-state index in [1.807, 2.05) is 85.1 Å². The lowest BCUT2D eigenvalue weighted by atomic mass is 10.1. The summed E-state index contributed by atoms with van der Waals surface area (Å²) in [4.78, 5) is 17.5. The number of carbonyl (C=O) groups excluding carboxylic acids is 1. The molecule has 1 heterocycles. The fourth-order valence-corrected chi connectivity index (χ4v) is 3.36. The zero-order valence-electron chi connectivity index (χ0n) is 16.6. The van der Waals surface area contributed by atoms with Crippen LogP contribution in [-0.4, -0.2) is 15.5 Å². The number of rotatable bonds is 6. The fourth-order valence-electron chi connectivity index (χ4n) is 3.36. The maximum atomic E-state index is 12.8. The Hall–Kier alpha value is -3.60. The van der Waals surface area contributed by atoms with Crippen molar-refractivity contribution in [3.63, 3.8) is 0 Å². The monoisotopic (exact) mass is 385 g/mol. The van der Waals surface area contributed by atoms with Crippen molar-refractivity contribution in [3.05, 3.63) is 89.7 Å². The molecule has 5 heteroatoms. The first kappa shape index (κ1) is 18.7. The third-order valence-electron chi connectivity index (χ3n) is 4.80. The van der Waals surface area contributed by atoms with Crippen LogP contribution in [0.15, 0.2) is 72.8 Å². The minimum absolute atomic E-state index is 0.0962. The molecule has 4 rings (SSSR count). The molecule has 3 aromatic carbocycles. The van der Waals surface area contributed by atoms with Gasteiger partial charge in [0.1, 0.15) is 24.7 Å². The number of ether oxygens (including phenoxy) is 1. The number of carbonyl (C=O) groups is 1. The number of para-hydroxylation sites is 3. The molecule has 5 nitrogen and oxygen atoms in total. The topological polar surface area (TPSA) is 56.2 Å². The van der Waals surface area contributed by atoms with E-state index in [-0.39, 0.29) is 19.1 Å². The van der Waals surface area contributed by atoms with E-state index in [1.165, 1.54) is 5.56 Å². The Labute approximate surface area is 170 Å². The number of fused-ring (bicyclic) bond motifs is 1. The smallest absolute Gasteiger partial charge is 0.244 e. The Morgan fingerprint density at radius 1 is 1.00 bits per heavy atom. The van der Waals surface area contributed by atoms with Gasteiger partial charge in [-0.3, -0.25) is 4.79 Å². The summed E-state index contributed by atoms with van der Waals surface area (Å²) in [5, 5.41) is 3.01. The van der Waals surface area contributed by atoms with E-state index < -0.39 is 0 Å². The molecule has 0 saturated carbocycles. The van der Waals surface area contributed by atoms with Crippen molar-refractivity contribution in [1.82, 2.24) is 9.55 Å². The van der Waals surface area contributed by atoms with Gasteiger partial charge >= 0.3 is 0 Å². The maximum Gasteiger partial charge on any atom is 0.244 e. The molecule has 1 aromatic heterocycles. The predicted octanol–water partition coefficient (Wildman–Crippen LogP) is 4.87. The number of nitrogens with one attached hydrogen (secondary N) is 1. The van der Waals surface area contributed by atoms with Crippen LogP contribution in [0.5, 0.6) is 5.75 Å². The van der Waals surface area contributed by atoms with Crippen molar-refractivity contribution in [3.8, 4) is 5.75 Å². The molecule has 0 aliphatic heterocycles. The Bertz CT molecular complexity index is 1150. The van der Waals surface area contributed by atoms with Crippen molar-refractivity contribution in [2.45, 2.75) is 27.0 Å². The quantitative estimate of drug-likeness (QED) is 0.515. The molecule has 0 unspecified atom stereocenters. The van der Waals surface area contributed by atoms with Gasteiger partial charge in [0, 0.05) is 5.69 Å². The summed E-state index contributed by atoms with van der Waals surface area (Å²) < 4.78 is 7.79. The summed E-state index contributed by atoms with van der Waals surface area (Å²) in [6.45, 7) is 4.49. The molecule has 29 heavy (non-hydrogen) atoms. The van der Waals surface area contributed by atoms with Crippen LogP contribution in [0.1, 0.15) is 17.0 Å². The van der Waals surface area contributed by atoms with E-state index in [4.69, 9.17) is 4.74 Å². The van der Waals surface area contributed by atoms with Crippen LogP contribution in [0.4, 0.5) is 5.69 Å². The number of anilines is 1. The summed E-state index contributed by atoms with van der Waals surface area (Å²) in [5.74, 6) is 1.39. The van der Waals surface area contributed by atoms with Crippen molar-refractivity contribution in [2.75, 3.05) is 5.32 Å². The third kappa shape index (κ3) is 4.29. The van der Waals surface area contributed by atoms with Gasteiger partial charge in [-0.2, -0.15) is 0 Å². The van der Waals surface area contributed by atoms with Gasteiger partial charge in [0.05, 0.1) is 11.0 Å². The van der Waals surface area contributed by atoms with Gasteiger partial charge in [0.25, 0.3) is 0 Å². The van der Waals surface area contributed by atoms with Crippen LogP contribution in [-0.2, 0) is 17.9 Å². The van der Waals surface area contributed by atoms with Crippen molar-refractivity contribution >= 4 is 22.6 Å². The summed E-state index contributed by atoms with van der Waals surface area (Å²) in [5.41, 5.74) is 4.79. The molecular formula is C24H23N3O2. The molecule has 146 valence electrons. The number of amides is 1. The highest BCUT2D eigenvalue weighted by atomic mass is 16.5. The van der Waals surface area contributed by atoms with Crippen LogP contribution in [0.2, 0.25) is 0 Å². The van der Waals surface area contributed by atoms with Crippen LogP contribution < -0.4 is 10.1 Å². The standard InChI is InChI=1S/C24H23N3O2/c1-17-12-13-20(18(2)14-17)26-24(28)15-27-22-11-7-6-10-21(22)25-23(27)16-29-19-8-4-3-5-9-19/h3-14H,15-16H2,1-2H3,(H,26,28). The highest BCUT2D eigenvalue weighted by molar-refractivity contribution is 5.92. The molecule has 0 saturated heterocycles. The lowest BCUT2D eigenvalue weighted by Crippen LogP contribution is -2.21. The van der Waals surface area contributed by atoms with Gasteiger partial charge in [0.2, 0.25) is 5.91 Å². The number of hydrogen-bond donors (Lipinski definition) is 1. The molecule has 0 radical (unpaired) electrons. The second kappa shape index (κ2) is 8.19. The van der Waals surface area contributed by atoms with Gasteiger partial charge in [-0.25, -0.2) is 4.98 Å². The Morgan fingerprint density at radius 2 is 1.76 bits per heavy atom. The number of benzene rings is 3. The summed E-state index contributed by atoms with van der Waals surface area (Å²) in [6, 6.07) is 23.4. The largest absolute Gasteiger partial charge is 0.486 e. The van der Waals surface area contributed by atoms with Gasteiger partial charge < -0.3 is 14.6 Å².